The summed E-state index contributed by atoms with van der Waals surface area (Å²) < 4.78 is 1.58. The molecule has 0 aliphatic carbocycles. The Labute approximate surface area is 158 Å². The van der Waals surface area contributed by atoms with Crippen molar-refractivity contribution in [3.05, 3.63) is 77.6 Å². The summed E-state index contributed by atoms with van der Waals surface area (Å²) in [5.41, 5.74) is 3.90. The number of aryl methyl sites for hydroxylation is 2. The van der Waals surface area contributed by atoms with Crippen LogP contribution in [0.5, 0.6) is 0 Å². The van der Waals surface area contributed by atoms with E-state index in [4.69, 9.17) is 0 Å². The zero-order chi connectivity index (χ0) is 19.4. The fourth-order valence-electron chi connectivity index (χ4n) is 2.86. The number of hydrogen-bond donors (Lipinski definition) is 2. The molecular weight excluding hydrogens is 340 g/mol. The van der Waals surface area contributed by atoms with Crippen molar-refractivity contribution >= 4 is 23.2 Å². The number of hydrogen-bond acceptors (Lipinski definition) is 3. The van der Waals surface area contributed by atoms with Crippen LogP contribution in [-0.4, -0.2) is 21.6 Å². The molecule has 3 rings (SSSR count). The molecule has 0 aliphatic rings. The largest absolute Gasteiger partial charge is 0.324 e. The summed E-state index contributed by atoms with van der Waals surface area (Å²) in [6.45, 7) is 5.69. The Bertz CT molecular complexity index is 944. The minimum Gasteiger partial charge on any atom is -0.324 e. The van der Waals surface area contributed by atoms with Crippen molar-refractivity contribution in [2.45, 2.75) is 26.8 Å². The summed E-state index contributed by atoms with van der Waals surface area (Å²) >= 11 is 0. The van der Waals surface area contributed by atoms with Gasteiger partial charge >= 0.3 is 0 Å². The van der Waals surface area contributed by atoms with Crippen LogP contribution in [0, 0.1) is 13.8 Å². The third-order valence-electron chi connectivity index (χ3n) is 4.17. The van der Waals surface area contributed by atoms with E-state index in [1.165, 1.54) is 0 Å². The molecular formula is C21H22N4O2. The third-order valence-corrected chi connectivity index (χ3v) is 4.17. The molecule has 0 radical (unpaired) electrons. The fourth-order valence-corrected chi connectivity index (χ4v) is 2.86. The Hall–Kier alpha value is -3.41. The molecule has 0 saturated heterocycles. The lowest BCUT2D eigenvalue weighted by molar-refractivity contribution is -0.119. The molecule has 1 heterocycles. The molecule has 2 amide bonds. The van der Waals surface area contributed by atoms with Crippen LogP contribution in [-0.2, 0) is 4.79 Å². The van der Waals surface area contributed by atoms with Crippen molar-refractivity contribution in [1.29, 1.82) is 0 Å². The molecule has 3 aromatic rings. The second-order valence-electron chi connectivity index (χ2n) is 6.56. The first-order valence-corrected chi connectivity index (χ1v) is 8.72. The average Bonchev–Trinajstić information content (AvgIpc) is 3.15. The maximum atomic E-state index is 12.5. The van der Waals surface area contributed by atoms with Gasteiger partial charge in [0.25, 0.3) is 5.91 Å². The number of rotatable bonds is 5. The van der Waals surface area contributed by atoms with Crippen LogP contribution in [0.4, 0.5) is 11.4 Å². The molecule has 138 valence electrons. The van der Waals surface area contributed by atoms with E-state index in [2.05, 4.69) is 15.7 Å². The van der Waals surface area contributed by atoms with Gasteiger partial charge in [-0.15, -0.1) is 0 Å². The second-order valence-corrected chi connectivity index (χ2v) is 6.56. The van der Waals surface area contributed by atoms with Gasteiger partial charge in [0.2, 0.25) is 5.91 Å². The molecule has 27 heavy (non-hydrogen) atoms. The highest BCUT2D eigenvalue weighted by Crippen LogP contribution is 2.18. The molecule has 1 unspecified atom stereocenters. The zero-order valence-corrected chi connectivity index (χ0v) is 15.6. The standard InChI is InChI=1S/C21H22N4O2/c1-14-10-15(2)12-17(11-14)21(27)24-19-7-4-6-18(13-19)23-20(26)16(3)25-9-5-8-22-25/h4-13,16H,1-3H3,(H,23,26)(H,24,27). The lowest BCUT2D eigenvalue weighted by Crippen LogP contribution is -2.24. The second kappa shape index (κ2) is 7.86. The van der Waals surface area contributed by atoms with E-state index in [-0.39, 0.29) is 11.8 Å². The van der Waals surface area contributed by atoms with Gasteiger partial charge in [0.1, 0.15) is 6.04 Å². The molecule has 1 atom stereocenters. The SMILES string of the molecule is Cc1cc(C)cc(C(=O)Nc2cccc(NC(=O)C(C)n3cccn3)c2)c1. The monoisotopic (exact) mass is 362 g/mol. The highest BCUT2D eigenvalue weighted by Gasteiger charge is 2.15. The van der Waals surface area contributed by atoms with Crippen LogP contribution >= 0.6 is 0 Å². The van der Waals surface area contributed by atoms with E-state index in [9.17, 15) is 9.59 Å². The van der Waals surface area contributed by atoms with Gasteiger partial charge in [-0.25, -0.2) is 0 Å². The molecule has 6 nitrogen and oxygen atoms in total. The molecule has 2 N–H and O–H groups in total. The van der Waals surface area contributed by atoms with Crippen molar-refractivity contribution < 1.29 is 9.59 Å². The van der Waals surface area contributed by atoms with Crippen molar-refractivity contribution in [3.63, 3.8) is 0 Å². The van der Waals surface area contributed by atoms with Gasteiger partial charge in [-0.1, -0.05) is 23.3 Å². The highest BCUT2D eigenvalue weighted by molar-refractivity contribution is 6.05. The van der Waals surface area contributed by atoms with Crippen LogP contribution in [0.2, 0.25) is 0 Å². The van der Waals surface area contributed by atoms with Crippen LogP contribution in [0.25, 0.3) is 0 Å². The van der Waals surface area contributed by atoms with Gasteiger partial charge in [0.15, 0.2) is 0 Å². The quantitative estimate of drug-likeness (QED) is 0.721. The van der Waals surface area contributed by atoms with Crippen LogP contribution < -0.4 is 10.6 Å². The van der Waals surface area contributed by atoms with Gasteiger partial charge in [-0.3, -0.25) is 14.3 Å². The Morgan fingerprint density at radius 2 is 1.63 bits per heavy atom. The first-order chi connectivity index (χ1) is 12.9. The normalized spacial score (nSPS) is 11.7. The summed E-state index contributed by atoms with van der Waals surface area (Å²) in [5, 5.41) is 9.81. The minimum absolute atomic E-state index is 0.184. The lowest BCUT2D eigenvalue weighted by Gasteiger charge is -2.13. The van der Waals surface area contributed by atoms with Crippen LogP contribution in [0.1, 0.15) is 34.5 Å². The molecule has 1 aromatic heterocycles. The topological polar surface area (TPSA) is 76.0 Å². The molecule has 0 fully saturated rings. The molecule has 0 saturated carbocycles. The average molecular weight is 362 g/mol. The highest BCUT2D eigenvalue weighted by atomic mass is 16.2. The Morgan fingerprint density at radius 1 is 0.963 bits per heavy atom. The summed E-state index contributed by atoms with van der Waals surface area (Å²) in [6.07, 6.45) is 3.37. The summed E-state index contributed by atoms with van der Waals surface area (Å²) in [6, 6.07) is 14.1. The molecule has 0 spiro atoms. The molecule has 0 bridgehead atoms. The van der Waals surface area contributed by atoms with Crippen molar-refractivity contribution in [2.75, 3.05) is 10.6 Å². The maximum Gasteiger partial charge on any atom is 0.255 e. The number of carbonyl (C=O) groups is 2. The molecule has 0 aliphatic heterocycles. The smallest absolute Gasteiger partial charge is 0.255 e. The predicted octanol–water partition coefficient (Wildman–Crippen LogP) is 3.95. The minimum atomic E-state index is -0.437. The van der Waals surface area contributed by atoms with Gasteiger partial charge in [-0.2, -0.15) is 5.10 Å². The van der Waals surface area contributed by atoms with E-state index in [0.29, 0.717) is 16.9 Å². The predicted molar refractivity (Wildman–Crippen MR) is 106 cm³/mol. The Balaban J connectivity index is 1.70. The van der Waals surface area contributed by atoms with Crippen molar-refractivity contribution in [2.24, 2.45) is 0 Å². The van der Waals surface area contributed by atoms with E-state index >= 15 is 0 Å². The number of aromatic nitrogens is 2. The van der Waals surface area contributed by atoms with Crippen LogP contribution in [0.3, 0.4) is 0 Å². The number of anilines is 2. The maximum absolute atomic E-state index is 12.5. The zero-order valence-electron chi connectivity index (χ0n) is 15.6. The van der Waals surface area contributed by atoms with E-state index in [1.807, 2.05) is 32.0 Å². The van der Waals surface area contributed by atoms with E-state index < -0.39 is 6.04 Å². The number of nitrogens with zero attached hydrogens (tertiary/aromatic N) is 2. The van der Waals surface area contributed by atoms with Gasteiger partial charge in [-0.05, 0) is 57.2 Å². The van der Waals surface area contributed by atoms with Gasteiger partial charge in [0, 0.05) is 29.3 Å². The lowest BCUT2D eigenvalue weighted by atomic mass is 10.1. The number of carbonyl (C=O) groups excluding carboxylic acids is 2. The van der Waals surface area contributed by atoms with Crippen molar-refractivity contribution in [3.8, 4) is 0 Å². The van der Waals surface area contributed by atoms with E-state index in [0.717, 1.165) is 11.1 Å². The summed E-state index contributed by atoms with van der Waals surface area (Å²) in [4.78, 5) is 24.9. The van der Waals surface area contributed by atoms with Crippen LogP contribution in [0.15, 0.2) is 60.9 Å². The number of nitrogens with one attached hydrogen (secondary N) is 2. The van der Waals surface area contributed by atoms with Gasteiger partial charge < -0.3 is 10.6 Å². The van der Waals surface area contributed by atoms with E-state index in [1.54, 1.807) is 54.3 Å². The molecule has 6 heteroatoms. The first-order valence-electron chi connectivity index (χ1n) is 8.72. The number of benzene rings is 2. The first kappa shape index (κ1) is 18.4. The number of amides is 2. The van der Waals surface area contributed by atoms with Gasteiger partial charge in [0.05, 0.1) is 0 Å². The third kappa shape index (κ3) is 4.61. The molecule has 2 aromatic carbocycles. The Morgan fingerprint density at radius 3 is 2.26 bits per heavy atom. The van der Waals surface area contributed by atoms with Crippen molar-refractivity contribution in [1.82, 2.24) is 9.78 Å². The summed E-state index contributed by atoms with van der Waals surface area (Å²) in [7, 11) is 0. The summed E-state index contributed by atoms with van der Waals surface area (Å²) in [5.74, 6) is -0.369. The Kier molecular flexibility index (Phi) is 5.35. The fraction of sp³-hybridized carbons (Fsp3) is 0.190.